The molecule has 0 fully saturated rings. The van der Waals surface area contributed by atoms with Crippen LogP contribution in [0.15, 0.2) is 42.5 Å². The second-order valence-corrected chi connectivity index (χ2v) is 5.78. The maximum absolute atomic E-state index is 12.5. The summed E-state index contributed by atoms with van der Waals surface area (Å²) in [5.74, 6) is -0.271. The van der Waals surface area contributed by atoms with Crippen LogP contribution in [0.1, 0.15) is 15.9 Å². The number of aryl methyl sites for hydroxylation is 1. The van der Waals surface area contributed by atoms with Gasteiger partial charge in [-0.1, -0.05) is 17.7 Å². The molecule has 2 aromatic rings. The summed E-state index contributed by atoms with van der Waals surface area (Å²) >= 11 is 2.00. The van der Waals surface area contributed by atoms with E-state index in [1.165, 1.54) is 17.0 Å². The van der Waals surface area contributed by atoms with Crippen molar-refractivity contribution in [3.63, 3.8) is 0 Å². The molecule has 6 heteroatoms. The van der Waals surface area contributed by atoms with Gasteiger partial charge in [-0.25, -0.2) is 0 Å². The van der Waals surface area contributed by atoms with Crippen LogP contribution in [0.3, 0.4) is 0 Å². The van der Waals surface area contributed by atoms with E-state index in [1.54, 1.807) is 13.1 Å². The third-order valence-electron chi connectivity index (χ3n) is 3.12. The molecule has 5 nitrogen and oxygen atoms in total. The lowest BCUT2D eigenvalue weighted by molar-refractivity contribution is -0.384. The molecule has 0 N–H and O–H groups in total. The van der Waals surface area contributed by atoms with Gasteiger partial charge in [0.2, 0.25) is 0 Å². The monoisotopic (exact) mass is 396 g/mol. The van der Waals surface area contributed by atoms with Crippen molar-refractivity contribution in [2.45, 2.75) is 6.92 Å². The number of halogens is 1. The van der Waals surface area contributed by atoms with Crippen molar-refractivity contribution in [2.75, 3.05) is 11.9 Å². The van der Waals surface area contributed by atoms with Gasteiger partial charge < -0.3 is 4.90 Å². The highest BCUT2D eigenvalue weighted by Crippen LogP contribution is 2.23. The summed E-state index contributed by atoms with van der Waals surface area (Å²) in [6.07, 6.45) is 0. The molecule has 0 aliphatic carbocycles. The molecule has 2 rings (SSSR count). The Labute approximate surface area is 135 Å². The molecular weight excluding hydrogens is 383 g/mol. The van der Waals surface area contributed by atoms with Crippen LogP contribution in [-0.2, 0) is 0 Å². The largest absolute Gasteiger partial charge is 0.311 e. The average molecular weight is 396 g/mol. The van der Waals surface area contributed by atoms with E-state index < -0.39 is 4.92 Å². The van der Waals surface area contributed by atoms with E-state index >= 15 is 0 Å². The summed E-state index contributed by atoms with van der Waals surface area (Å²) in [4.78, 5) is 24.4. The molecule has 0 heterocycles. The topological polar surface area (TPSA) is 63.5 Å². The number of amides is 1. The van der Waals surface area contributed by atoms with Gasteiger partial charge in [0.25, 0.3) is 11.6 Å². The third kappa shape index (κ3) is 3.38. The van der Waals surface area contributed by atoms with Gasteiger partial charge in [0.15, 0.2) is 0 Å². The summed E-state index contributed by atoms with van der Waals surface area (Å²) in [6.45, 7) is 1.97. The minimum absolute atomic E-state index is 0.0870. The molecule has 0 saturated heterocycles. The van der Waals surface area contributed by atoms with E-state index in [4.69, 9.17) is 0 Å². The first-order valence-electron chi connectivity index (χ1n) is 6.19. The van der Waals surface area contributed by atoms with E-state index in [0.29, 0.717) is 9.13 Å². The van der Waals surface area contributed by atoms with Crippen molar-refractivity contribution >= 4 is 39.9 Å². The Morgan fingerprint density at radius 3 is 2.38 bits per heavy atom. The number of rotatable bonds is 3. The number of non-ortho nitro benzene ring substituents is 1. The minimum atomic E-state index is -0.501. The minimum Gasteiger partial charge on any atom is -0.311 e. The van der Waals surface area contributed by atoms with Crippen LogP contribution in [0, 0.1) is 20.6 Å². The lowest BCUT2D eigenvalue weighted by atomic mass is 10.1. The second kappa shape index (κ2) is 6.21. The third-order valence-corrected chi connectivity index (χ3v) is 4.06. The SMILES string of the molecule is Cc1ccc(N(C)C(=O)c2cc([N+](=O)[O-])ccc2I)cc1. The van der Waals surface area contributed by atoms with Gasteiger partial charge in [-0.3, -0.25) is 14.9 Å². The fourth-order valence-electron chi connectivity index (χ4n) is 1.86. The van der Waals surface area contributed by atoms with Crippen molar-refractivity contribution in [1.82, 2.24) is 0 Å². The number of carbonyl (C=O) groups excluding carboxylic acids is 1. The molecule has 0 aliphatic heterocycles. The number of hydrogen-bond donors (Lipinski definition) is 0. The molecule has 108 valence electrons. The lowest BCUT2D eigenvalue weighted by Gasteiger charge is -2.18. The van der Waals surface area contributed by atoms with Crippen LogP contribution in [0.2, 0.25) is 0 Å². The van der Waals surface area contributed by atoms with Gasteiger partial charge in [-0.15, -0.1) is 0 Å². The van der Waals surface area contributed by atoms with E-state index in [2.05, 4.69) is 0 Å². The molecule has 0 saturated carbocycles. The van der Waals surface area contributed by atoms with Crippen LogP contribution < -0.4 is 4.90 Å². The standard InChI is InChI=1S/C15H13IN2O3/c1-10-3-5-11(6-4-10)17(2)15(19)13-9-12(18(20)21)7-8-14(13)16/h3-9H,1-2H3. The fraction of sp³-hybridized carbons (Fsp3) is 0.133. The van der Waals surface area contributed by atoms with Crippen molar-refractivity contribution in [3.8, 4) is 0 Å². The normalized spacial score (nSPS) is 10.2. The molecule has 21 heavy (non-hydrogen) atoms. The van der Waals surface area contributed by atoms with E-state index in [1.807, 2.05) is 53.8 Å². The van der Waals surface area contributed by atoms with Gasteiger partial charge in [-0.05, 0) is 47.7 Å². The molecule has 0 bridgehead atoms. The molecule has 0 spiro atoms. The molecule has 0 radical (unpaired) electrons. The maximum atomic E-state index is 12.5. The molecule has 0 atom stereocenters. The number of anilines is 1. The Balaban J connectivity index is 2.37. The van der Waals surface area contributed by atoms with E-state index in [0.717, 1.165) is 11.3 Å². The zero-order valence-corrected chi connectivity index (χ0v) is 13.7. The molecule has 2 aromatic carbocycles. The second-order valence-electron chi connectivity index (χ2n) is 4.62. The fourth-order valence-corrected chi connectivity index (χ4v) is 2.42. The number of hydrogen-bond acceptors (Lipinski definition) is 3. The predicted molar refractivity (Wildman–Crippen MR) is 89.7 cm³/mol. The number of benzene rings is 2. The Hall–Kier alpha value is -1.96. The van der Waals surface area contributed by atoms with Crippen molar-refractivity contribution < 1.29 is 9.72 Å². The quantitative estimate of drug-likeness (QED) is 0.451. The van der Waals surface area contributed by atoms with Crippen LogP contribution in [-0.4, -0.2) is 17.9 Å². The highest BCUT2D eigenvalue weighted by Gasteiger charge is 2.19. The van der Waals surface area contributed by atoms with Gasteiger partial charge in [0.05, 0.1) is 10.5 Å². The van der Waals surface area contributed by atoms with Crippen molar-refractivity contribution in [2.24, 2.45) is 0 Å². The Morgan fingerprint density at radius 2 is 1.81 bits per heavy atom. The van der Waals surface area contributed by atoms with Crippen LogP contribution in [0.4, 0.5) is 11.4 Å². The first-order chi connectivity index (χ1) is 9.90. The molecule has 0 aromatic heterocycles. The summed E-state index contributed by atoms with van der Waals surface area (Å²) < 4.78 is 0.683. The van der Waals surface area contributed by atoms with Crippen LogP contribution in [0.5, 0.6) is 0 Å². The average Bonchev–Trinajstić information content (AvgIpc) is 2.47. The molecule has 0 unspecified atom stereocenters. The van der Waals surface area contributed by atoms with Crippen LogP contribution >= 0.6 is 22.6 Å². The Morgan fingerprint density at radius 1 is 1.19 bits per heavy atom. The van der Waals surface area contributed by atoms with E-state index in [-0.39, 0.29) is 11.6 Å². The number of carbonyl (C=O) groups is 1. The summed E-state index contributed by atoms with van der Waals surface area (Å²) in [6, 6.07) is 11.8. The summed E-state index contributed by atoms with van der Waals surface area (Å²) in [7, 11) is 1.65. The first-order valence-corrected chi connectivity index (χ1v) is 7.26. The molecular formula is C15H13IN2O3. The zero-order valence-electron chi connectivity index (χ0n) is 11.5. The number of nitrogens with zero attached hydrogens (tertiary/aromatic N) is 2. The molecule has 1 amide bonds. The first kappa shape index (κ1) is 15.4. The number of nitro benzene ring substituents is 1. The zero-order chi connectivity index (χ0) is 15.6. The van der Waals surface area contributed by atoms with Crippen LogP contribution in [0.25, 0.3) is 0 Å². The Kier molecular flexibility index (Phi) is 4.56. The van der Waals surface area contributed by atoms with Crippen molar-refractivity contribution in [1.29, 1.82) is 0 Å². The molecule has 0 aliphatic rings. The number of nitro groups is 1. The summed E-state index contributed by atoms with van der Waals surface area (Å²) in [5.41, 5.74) is 2.08. The van der Waals surface area contributed by atoms with Gasteiger partial charge in [0, 0.05) is 28.4 Å². The Bertz CT molecular complexity index is 699. The highest BCUT2D eigenvalue weighted by atomic mass is 127. The smallest absolute Gasteiger partial charge is 0.270 e. The van der Waals surface area contributed by atoms with Crippen molar-refractivity contribution in [3.05, 3.63) is 67.3 Å². The van der Waals surface area contributed by atoms with Gasteiger partial charge in [0.1, 0.15) is 0 Å². The maximum Gasteiger partial charge on any atom is 0.270 e. The lowest BCUT2D eigenvalue weighted by Crippen LogP contribution is -2.27. The highest BCUT2D eigenvalue weighted by molar-refractivity contribution is 14.1. The van der Waals surface area contributed by atoms with Gasteiger partial charge in [-0.2, -0.15) is 0 Å². The predicted octanol–water partition coefficient (Wildman–Crippen LogP) is 3.78. The summed E-state index contributed by atoms with van der Waals surface area (Å²) in [5, 5.41) is 10.8. The van der Waals surface area contributed by atoms with Gasteiger partial charge >= 0.3 is 0 Å². The van der Waals surface area contributed by atoms with E-state index in [9.17, 15) is 14.9 Å².